The van der Waals surface area contributed by atoms with Gasteiger partial charge in [-0.1, -0.05) is 17.7 Å². The number of benzene rings is 1. The molecule has 1 unspecified atom stereocenters. The van der Waals surface area contributed by atoms with E-state index in [-0.39, 0.29) is 12.6 Å². The molecule has 1 rings (SSSR count). The Hall–Kier alpha value is -1.06. The fraction of sp³-hybridized carbons (Fsp3) is 0.500. The van der Waals surface area contributed by atoms with Crippen molar-refractivity contribution in [2.24, 2.45) is 0 Å². The van der Waals surface area contributed by atoms with Gasteiger partial charge in [0.05, 0.1) is 13.7 Å². The number of aliphatic hydroxyl groups excluding tert-OH is 1. The molecule has 0 saturated carbocycles. The highest BCUT2D eigenvalue weighted by atomic mass is 16.5. The molecule has 0 saturated heterocycles. The SMILES string of the molecule is COc1ccc(C)cc1CNC(C)CO. The molecule has 0 amide bonds. The molecule has 15 heavy (non-hydrogen) atoms. The topological polar surface area (TPSA) is 41.5 Å². The van der Waals surface area contributed by atoms with Gasteiger partial charge in [-0.15, -0.1) is 0 Å². The predicted octanol–water partition coefficient (Wildman–Crippen LogP) is 1.47. The molecule has 0 spiro atoms. The lowest BCUT2D eigenvalue weighted by Crippen LogP contribution is -2.28. The smallest absolute Gasteiger partial charge is 0.123 e. The summed E-state index contributed by atoms with van der Waals surface area (Å²) >= 11 is 0. The van der Waals surface area contributed by atoms with Crippen molar-refractivity contribution in [3.05, 3.63) is 29.3 Å². The summed E-state index contributed by atoms with van der Waals surface area (Å²) in [7, 11) is 1.67. The van der Waals surface area contributed by atoms with Gasteiger partial charge in [0.2, 0.25) is 0 Å². The number of nitrogens with one attached hydrogen (secondary N) is 1. The van der Waals surface area contributed by atoms with Crippen LogP contribution < -0.4 is 10.1 Å². The molecule has 0 fully saturated rings. The van der Waals surface area contributed by atoms with Gasteiger partial charge >= 0.3 is 0 Å². The van der Waals surface area contributed by atoms with Gasteiger partial charge in [-0.2, -0.15) is 0 Å². The van der Waals surface area contributed by atoms with Crippen LogP contribution in [-0.2, 0) is 6.54 Å². The first kappa shape index (κ1) is 12.0. The Bertz CT molecular complexity index is 312. The second-order valence-electron chi connectivity index (χ2n) is 3.78. The first-order chi connectivity index (χ1) is 7.17. The summed E-state index contributed by atoms with van der Waals surface area (Å²) in [5, 5.41) is 12.1. The molecule has 1 aromatic rings. The highest BCUT2D eigenvalue weighted by molar-refractivity contribution is 5.36. The number of methoxy groups -OCH3 is 1. The Morgan fingerprint density at radius 2 is 2.20 bits per heavy atom. The Morgan fingerprint density at radius 3 is 2.80 bits per heavy atom. The summed E-state index contributed by atoms with van der Waals surface area (Å²) in [6.07, 6.45) is 0. The number of hydrogen-bond donors (Lipinski definition) is 2. The van der Waals surface area contributed by atoms with Crippen LogP contribution in [0.15, 0.2) is 18.2 Å². The van der Waals surface area contributed by atoms with Gasteiger partial charge in [0.15, 0.2) is 0 Å². The Morgan fingerprint density at radius 1 is 1.47 bits per heavy atom. The van der Waals surface area contributed by atoms with Crippen molar-refractivity contribution in [1.29, 1.82) is 0 Å². The second-order valence-corrected chi connectivity index (χ2v) is 3.78. The van der Waals surface area contributed by atoms with E-state index in [1.54, 1.807) is 7.11 Å². The molecule has 0 aliphatic rings. The van der Waals surface area contributed by atoms with E-state index in [1.807, 2.05) is 19.1 Å². The highest BCUT2D eigenvalue weighted by Crippen LogP contribution is 2.19. The number of ether oxygens (including phenoxy) is 1. The Labute approximate surface area is 91.1 Å². The molecule has 3 nitrogen and oxygen atoms in total. The number of aliphatic hydroxyl groups is 1. The molecule has 0 aliphatic carbocycles. The zero-order valence-electron chi connectivity index (χ0n) is 9.58. The van der Waals surface area contributed by atoms with Crippen LogP contribution in [0.1, 0.15) is 18.1 Å². The molecule has 1 aromatic carbocycles. The summed E-state index contributed by atoms with van der Waals surface area (Å²) in [5.41, 5.74) is 2.34. The van der Waals surface area contributed by atoms with Crippen molar-refractivity contribution in [3.8, 4) is 5.75 Å². The largest absolute Gasteiger partial charge is 0.496 e. The molecule has 0 aromatic heterocycles. The molecule has 2 N–H and O–H groups in total. The summed E-state index contributed by atoms with van der Waals surface area (Å²) in [4.78, 5) is 0. The van der Waals surface area contributed by atoms with Crippen LogP contribution in [-0.4, -0.2) is 24.9 Å². The van der Waals surface area contributed by atoms with E-state index in [0.29, 0.717) is 6.54 Å². The predicted molar refractivity (Wildman–Crippen MR) is 61.1 cm³/mol. The fourth-order valence-electron chi connectivity index (χ4n) is 1.39. The molecule has 0 bridgehead atoms. The third-order valence-corrected chi connectivity index (χ3v) is 2.35. The van der Waals surface area contributed by atoms with E-state index in [4.69, 9.17) is 9.84 Å². The quantitative estimate of drug-likeness (QED) is 0.771. The van der Waals surface area contributed by atoms with Crippen LogP contribution in [0.25, 0.3) is 0 Å². The van der Waals surface area contributed by atoms with E-state index >= 15 is 0 Å². The monoisotopic (exact) mass is 209 g/mol. The summed E-state index contributed by atoms with van der Waals surface area (Å²) in [6.45, 7) is 4.86. The summed E-state index contributed by atoms with van der Waals surface area (Å²) in [5.74, 6) is 0.887. The van der Waals surface area contributed by atoms with Crippen molar-refractivity contribution >= 4 is 0 Å². The number of aryl methyl sites for hydroxylation is 1. The molecular weight excluding hydrogens is 190 g/mol. The molecule has 3 heteroatoms. The minimum atomic E-state index is 0.107. The van der Waals surface area contributed by atoms with Gasteiger partial charge in [0.1, 0.15) is 5.75 Å². The van der Waals surface area contributed by atoms with Crippen molar-refractivity contribution < 1.29 is 9.84 Å². The van der Waals surface area contributed by atoms with Crippen LogP contribution in [0.2, 0.25) is 0 Å². The van der Waals surface area contributed by atoms with Crippen LogP contribution >= 0.6 is 0 Å². The van der Waals surface area contributed by atoms with Crippen LogP contribution in [0.3, 0.4) is 0 Å². The van der Waals surface area contributed by atoms with Crippen LogP contribution in [0, 0.1) is 6.92 Å². The minimum Gasteiger partial charge on any atom is -0.496 e. The van der Waals surface area contributed by atoms with E-state index in [9.17, 15) is 0 Å². The third kappa shape index (κ3) is 3.53. The lowest BCUT2D eigenvalue weighted by atomic mass is 10.1. The molecule has 0 radical (unpaired) electrons. The maximum atomic E-state index is 8.90. The third-order valence-electron chi connectivity index (χ3n) is 2.35. The number of rotatable bonds is 5. The second kappa shape index (κ2) is 5.73. The van der Waals surface area contributed by atoms with E-state index in [0.717, 1.165) is 11.3 Å². The first-order valence-corrected chi connectivity index (χ1v) is 5.15. The Balaban J connectivity index is 2.69. The van der Waals surface area contributed by atoms with Crippen molar-refractivity contribution in [2.45, 2.75) is 26.4 Å². The van der Waals surface area contributed by atoms with Gasteiger partial charge in [0, 0.05) is 18.2 Å². The average Bonchev–Trinajstić information content (AvgIpc) is 2.26. The maximum Gasteiger partial charge on any atom is 0.123 e. The summed E-state index contributed by atoms with van der Waals surface area (Å²) in [6, 6.07) is 6.19. The van der Waals surface area contributed by atoms with Gasteiger partial charge in [-0.25, -0.2) is 0 Å². The highest BCUT2D eigenvalue weighted by Gasteiger charge is 2.04. The van der Waals surface area contributed by atoms with Gasteiger partial charge in [0.25, 0.3) is 0 Å². The molecule has 0 heterocycles. The molecular formula is C12H19NO2. The summed E-state index contributed by atoms with van der Waals surface area (Å²) < 4.78 is 5.26. The van der Waals surface area contributed by atoms with Crippen LogP contribution in [0.4, 0.5) is 0 Å². The molecule has 84 valence electrons. The van der Waals surface area contributed by atoms with E-state index in [1.165, 1.54) is 5.56 Å². The Kier molecular flexibility index (Phi) is 4.59. The zero-order valence-corrected chi connectivity index (χ0v) is 9.58. The normalized spacial score (nSPS) is 12.5. The van der Waals surface area contributed by atoms with Gasteiger partial charge < -0.3 is 15.2 Å². The van der Waals surface area contributed by atoms with Gasteiger partial charge in [-0.3, -0.25) is 0 Å². The first-order valence-electron chi connectivity index (χ1n) is 5.15. The van der Waals surface area contributed by atoms with Crippen LogP contribution in [0.5, 0.6) is 5.75 Å². The lowest BCUT2D eigenvalue weighted by Gasteiger charge is -2.13. The standard InChI is InChI=1S/C12H19NO2/c1-9-4-5-12(15-3)11(6-9)7-13-10(2)8-14/h4-6,10,13-14H,7-8H2,1-3H3. The molecule has 1 atom stereocenters. The van der Waals surface area contributed by atoms with Crippen molar-refractivity contribution in [3.63, 3.8) is 0 Å². The zero-order chi connectivity index (χ0) is 11.3. The van der Waals surface area contributed by atoms with E-state index < -0.39 is 0 Å². The number of hydrogen-bond acceptors (Lipinski definition) is 3. The molecule has 0 aliphatic heterocycles. The average molecular weight is 209 g/mol. The van der Waals surface area contributed by atoms with Gasteiger partial charge in [-0.05, 0) is 19.9 Å². The van der Waals surface area contributed by atoms with Crippen molar-refractivity contribution in [2.75, 3.05) is 13.7 Å². The maximum absolute atomic E-state index is 8.90. The fourth-order valence-corrected chi connectivity index (χ4v) is 1.39. The lowest BCUT2D eigenvalue weighted by molar-refractivity contribution is 0.250. The van der Waals surface area contributed by atoms with Crippen molar-refractivity contribution in [1.82, 2.24) is 5.32 Å². The minimum absolute atomic E-state index is 0.107. The van der Waals surface area contributed by atoms with E-state index in [2.05, 4.69) is 18.3 Å².